The van der Waals surface area contributed by atoms with E-state index in [0.29, 0.717) is 35.9 Å². The molecule has 3 amide bonds. The van der Waals surface area contributed by atoms with Crippen molar-refractivity contribution < 1.29 is 28.7 Å². The minimum Gasteiger partial charge on any atom is -0.468 e. The number of benzene rings is 1. The highest BCUT2D eigenvalue weighted by Gasteiger charge is 2.37. The van der Waals surface area contributed by atoms with E-state index in [1.54, 1.807) is 24.3 Å². The van der Waals surface area contributed by atoms with E-state index in [4.69, 9.17) is 0 Å². The zero-order chi connectivity index (χ0) is 22.4. The van der Waals surface area contributed by atoms with Gasteiger partial charge >= 0.3 is 5.97 Å². The Kier molecular flexibility index (Phi) is 6.91. The molecule has 0 aliphatic carbocycles. The SMILES string of the molecule is COC(=O)CNC(=O)C(=O)C1CCCN1C(=O)CNC(=O)c1ccnc2ccccc12. The van der Waals surface area contributed by atoms with E-state index < -0.39 is 42.1 Å². The van der Waals surface area contributed by atoms with Crippen LogP contribution in [0.1, 0.15) is 23.2 Å². The van der Waals surface area contributed by atoms with Crippen LogP contribution >= 0.6 is 0 Å². The molecule has 1 aromatic heterocycles. The molecule has 1 aromatic carbocycles. The fraction of sp³-hybridized carbons (Fsp3) is 0.333. The number of fused-ring (bicyclic) bond motifs is 1. The molecule has 1 aliphatic heterocycles. The Bertz CT molecular complexity index is 1030. The van der Waals surface area contributed by atoms with Gasteiger partial charge in [-0.25, -0.2) is 0 Å². The second kappa shape index (κ2) is 9.79. The third-order valence-corrected chi connectivity index (χ3v) is 5.01. The molecule has 0 bridgehead atoms. The van der Waals surface area contributed by atoms with E-state index in [9.17, 15) is 24.0 Å². The van der Waals surface area contributed by atoms with Crippen LogP contribution in [0.15, 0.2) is 36.5 Å². The Hall–Kier alpha value is -3.82. The fourth-order valence-corrected chi connectivity index (χ4v) is 3.45. The van der Waals surface area contributed by atoms with Crippen LogP contribution in [0.4, 0.5) is 0 Å². The average Bonchev–Trinajstić information content (AvgIpc) is 3.29. The number of pyridine rings is 1. The molecule has 0 spiro atoms. The second-order valence-electron chi connectivity index (χ2n) is 6.93. The van der Waals surface area contributed by atoms with Gasteiger partial charge in [0.25, 0.3) is 11.8 Å². The monoisotopic (exact) mass is 426 g/mol. The molecule has 2 N–H and O–H groups in total. The van der Waals surface area contributed by atoms with Gasteiger partial charge < -0.3 is 20.3 Å². The first-order chi connectivity index (χ1) is 14.9. The standard InChI is InChI=1S/C21H22N4O6/c1-31-18(27)12-24-21(30)19(28)16-7-4-10-25(16)17(26)11-23-20(29)14-8-9-22-15-6-3-2-5-13(14)15/h2-3,5-6,8-9,16H,4,7,10-12H2,1H3,(H,23,29)(H,24,30). The van der Waals surface area contributed by atoms with Gasteiger partial charge in [-0.2, -0.15) is 0 Å². The topological polar surface area (TPSA) is 135 Å². The molecule has 2 heterocycles. The van der Waals surface area contributed by atoms with Crippen molar-refractivity contribution in [2.45, 2.75) is 18.9 Å². The Morgan fingerprint density at radius 2 is 1.87 bits per heavy atom. The van der Waals surface area contributed by atoms with Crippen LogP contribution < -0.4 is 10.6 Å². The van der Waals surface area contributed by atoms with Gasteiger partial charge in [-0.3, -0.25) is 29.0 Å². The zero-order valence-electron chi connectivity index (χ0n) is 16.9. The number of methoxy groups -OCH3 is 1. The number of hydrogen-bond acceptors (Lipinski definition) is 7. The highest BCUT2D eigenvalue weighted by atomic mass is 16.5. The van der Waals surface area contributed by atoms with E-state index in [1.807, 2.05) is 6.07 Å². The van der Waals surface area contributed by atoms with Gasteiger partial charge in [0.2, 0.25) is 11.7 Å². The van der Waals surface area contributed by atoms with E-state index in [2.05, 4.69) is 20.4 Å². The molecular weight excluding hydrogens is 404 g/mol. The summed E-state index contributed by atoms with van der Waals surface area (Å²) in [6.45, 7) is -0.450. The molecular formula is C21H22N4O6. The number of ketones is 1. The molecule has 0 saturated carbocycles. The molecule has 1 unspecified atom stereocenters. The normalized spacial score (nSPS) is 15.4. The van der Waals surface area contributed by atoms with Gasteiger partial charge in [0, 0.05) is 18.1 Å². The summed E-state index contributed by atoms with van der Waals surface area (Å²) in [4.78, 5) is 66.3. The maximum absolute atomic E-state index is 12.6. The lowest BCUT2D eigenvalue weighted by molar-refractivity contribution is -0.146. The van der Waals surface area contributed by atoms with Crippen LogP contribution in [-0.4, -0.2) is 72.1 Å². The van der Waals surface area contributed by atoms with Crippen molar-refractivity contribution in [3.63, 3.8) is 0 Å². The number of para-hydroxylation sites is 1. The molecule has 0 radical (unpaired) electrons. The lowest BCUT2D eigenvalue weighted by atomic mass is 10.1. The van der Waals surface area contributed by atoms with Crippen LogP contribution in [0.5, 0.6) is 0 Å². The Morgan fingerprint density at radius 1 is 1.10 bits per heavy atom. The number of likely N-dealkylation sites (tertiary alicyclic amines) is 1. The molecule has 1 atom stereocenters. The van der Waals surface area contributed by atoms with Crippen LogP contribution in [0, 0.1) is 0 Å². The summed E-state index contributed by atoms with van der Waals surface area (Å²) in [7, 11) is 1.16. The van der Waals surface area contributed by atoms with Crippen molar-refractivity contribution in [2.75, 3.05) is 26.7 Å². The van der Waals surface area contributed by atoms with Crippen molar-refractivity contribution >= 4 is 40.4 Å². The minimum atomic E-state index is -0.956. The van der Waals surface area contributed by atoms with Gasteiger partial charge in [0.05, 0.1) is 24.7 Å². The van der Waals surface area contributed by atoms with Crippen LogP contribution in [0.2, 0.25) is 0 Å². The summed E-state index contributed by atoms with van der Waals surface area (Å²) >= 11 is 0. The highest BCUT2D eigenvalue weighted by molar-refractivity contribution is 6.38. The lowest BCUT2D eigenvalue weighted by Gasteiger charge is -2.23. The smallest absolute Gasteiger partial charge is 0.325 e. The summed E-state index contributed by atoms with van der Waals surface area (Å²) in [5.74, 6) is -3.36. The highest BCUT2D eigenvalue weighted by Crippen LogP contribution is 2.19. The number of esters is 1. The van der Waals surface area contributed by atoms with Crippen LogP contribution in [0.25, 0.3) is 10.9 Å². The number of amides is 3. The van der Waals surface area contributed by atoms with Gasteiger partial charge in [0.1, 0.15) is 12.6 Å². The molecule has 1 saturated heterocycles. The van der Waals surface area contributed by atoms with Crippen molar-refractivity contribution in [1.82, 2.24) is 20.5 Å². The van der Waals surface area contributed by atoms with E-state index in [1.165, 1.54) is 11.1 Å². The Labute approximate surface area is 177 Å². The number of carbonyl (C=O) groups excluding carboxylic acids is 5. The molecule has 31 heavy (non-hydrogen) atoms. The number of Topliss-reactive ketones (excluding diaryl/α,β-unsaturated/α-hetero) is 1. The number of nitrogens with zero attached hydrogens (tertiary/aromatic N) is 2. The van der Waals surface area contributed by atoms with E-state index in [0.717, 1.165) is 7.11 Å². The van der Waals surface area contributed by atoms with Gasteiger partial charge in [-0.15, -0.1) is 0 Å². The quantitative estimate of drug-likeness (QED) is 0.463. The molecule has 2 aromatic rings. The van der Waals surface area contributed by atoms with Crippen molar-refractivity contribution in [3.8, 4) is 0 Å². The third kappa shape index (κ3) is 5.03. The first kappa shape index (κ1) is 21.9. The zero-order valence-corrected chi connectivity index (χ0v) is 16.9. The number of rotatable bonds is 7. The molecule has 1 aliphatic rings. The molecule has 3 rings (SSSR count). The maximum Gasteiger partial charge on any atom is 0.325 e. The summed E-state index contributed by atoms with van der Waals surface area (Å²) in [6.07, 6.45) is 2.40. The number of aromatic nitrogens is 1. The molecule has 1 fully saturated rings. The summed E-state index contributed by atoms with van der Waals surface area (Å²) in [5, 5.41) is 5.41. The molecule has 162 valence electrons. The number of carbonyl (C=O) groups is 5. The lowest BCUT2D eigenvalue weighted by Crippen LogP contribution is -2.50. The van der Waals surface area contributed by atoms with E-state index >= 15 is 0 Å². The Balaban J connectivity index is 1.60. The first-order valence-electron chi connectivity index (χ1n) is 9.72. The molecule has 10 heteroatoms. The number of ether oxygens (including phenoxy) is 1. The largest absolute Gasteiger partial charge is 0.468 e. The number of hydrogen-bond donors (Lipinski definition) is 2. The minimum absolute atomic E-state index is 0.299. The van der Waals surface area contributed by atoms with Crippen molar-refractivity contribution in [1.29, 1.82) is 0 Å². The first-order valence-corrected chi connectivity index (χ1v) is 9.72. The predicted molar refractivity (Wildman–Crippen MR) is 109 cm³/mol. The Morgan fingerprint density at radius 3 is 2.65 bits per heavy atom. The van der Waals surface area contributed by atoms with Gasteiger partial charge in [-0.1, -0.05) is 18.2 Å². The van der Waals surface area contributed by atoms with E-state index in [-0.39, 0.29) is 6.54 Å². The second-order valence-corrected chi connectivity index (χ2v) is 6.93. The number of nitrogens with one attached hydrogen (secondary N) is 2. The summed E-state index contributed by atoms with van der Waals surface area (Å²) in [6, 6.07) is 7.79. The molecule has 10 nitrogen and oxygen atoms in total. The maximum atomic E-state index is 12.6. The third-order valence-electron chi connectivity index (χ3n) is 5.01. The van der Waals surface area contributed by atoms with Crippen LogP contribution in [-0.2, 0) is 23.9 Å². The predicted octanol–water partition coefficient (Wildman–Crippen LogP) is -0.186. The van der Waals surface area contributed by atoms with Crippen molar-refractivity contribution in [3.05, 3.63) is 42.1 Å². The van der Waals surface area contributed by atoms with Gasteiger partial charge in [0.15, 0.2) is 0 Å². The average molecular weight is 426 g/mol. The summed E-state index contributed by atoms with van der Waals surface area (Å²) < 4.78 is 4.41. The fourth-order valence-electron chi connectivity index (χ4n) is 3.45. The van der Waals surface area contributed by atoms with Crippen LogP contribution in [0.3, 0.4) is 0 Å². The van der Waals surface area contributed by atoms with Gasteiger partial charge in [-0.05, 0) is 25.0 Å². The van der Waals surface area contributed by atoms with Crippen molar-refractivity contribution in [2.24, 2.45) is 0 Å². The summed E-state index contributed by atoms with van der Waals surface area (Å²) in [5.41, 5.74) is 1.04.